The Morgan fingerprint density at radius 1 is 0.272 bits per heavy atom. The van der Waals surface area contributed by atoms with Gasteiger partial charge in [-0.15, -0.1) is 0 Å². The molecule has 0 aliphatic heterocycles. The predicted molar refractivity (Wildman–Crippen MR) is 353 cm³/mol. The molecule has 0 bridgehead atoms. The fraction of sp³-hybridized carbons (Fsp3) is 0.747. The maximum atomic E-state index is 12.9. The van der Waals surface area contributed by atoms with Crippen LogP contribution in [0.2, 0.25) is 0 Å². The van der Waals surface area contributed by atoms with Gasteiger partial charge in [-0.1, -0.05) is 336 Å². The second kappa shape index (κ2) is 68.8. The van der Waals surface area contributed by atoms with E-state index < -0.39 is 12.1 Å². The lowest BCUT2D eigenvalue weighted by molar-refractivity contribution is -0.166. The third-order valence-electron chi connectivity index (χ3n) is 15.1. The Balaban J connectivity index is 4.31. The Hall–Kier alpha value is -3.67. The van der Waals surface area contributed by atoms with Gasteiger partial charge in [0.25, 0.3) is 0 Å². The minimum absolute atomic E-state index is 0.111. The predicted octanol–water partition coefficient (Wildman–Crippen LogP) is 24.0. The van der Waals surface area contributed by atoms with Crippen molar-refractivity contribution >= 4 is 17.9 Å². The van der Waals surface area contributed by atoms with Crippen molar-refractivity contribution in [3.63, 3.8) is 0 Å². The van der Waals surface area contributed by atoms with Gasteiger partial charge in [0.15, 0.2) is 6.10 Å². The van der Waals surface area contributed by atoms with Crippen LogP contribution in [-0.4, -0.2) is 37.2 Å². The van der Waals surface area contributed by atoms with Crippen molar-refractivity contribution in [2.75, 3.05) is 13.2 Å². The van der Waals surface area contributed by atoms with Gasteiger partial charge < -0.3 is 14.2 Å². The van der Waals surface area contributed by atoms with Crippen LogP contribution >= 0.6 is 0 Å². The number of allylic oxidation sites excluding steroid dienone is 15. The maximum Gasteiger partial charge on any atom is 0.309 e. The summed E-state index contributed by atoms with van der Waals surface area (Å²) in [5.74, 6) is -1.04. The van der Waals surface area contributed by atoms with Crippen molar-refractivity contribution in [2.24, 2.45) is 0 Å². The highest BCUT2D eigenvalue weighted by molar-refractivity contribution is 5.72. The van der Waals surface area contributed by atoms with E-state index in [0.29, 0.717) is 12.8 Å². The third kappa shape index (κ3) is 67.0. The molecule has 0 aromatic rings. The third-order valence-corrected chi connectivity index (χ3v) is 15.1. The van der Waals surface area contributed by atoms with Gasteiger partial charge in [0.1, 0.15) is 13.2 Å². The molecule has 0 N–H and O–H groups in total. The van der Waals surface area contributed by atoms with Crippen molar-refractivity contribution in [1.82, 2.24) is 0 Å². The van der Waals surface area contributed by atoms with E-state index in [0.717, 1.165) is 96.3 Å². The van der Waals surface area contributed by atoms with Gasteiger partial charge >= 0.3 is 17.9 Å². The molecule has 0 heterocycles. The van der Waals surface area contributed by atoms with Crippen molar-refractivity contribution in [2.45, 2.75) is 348 Å². The van der Waals surface area contributed by atoms with Gasteiger partial charge in [-0.2, -0.15) is 0 Å². The van der Waals surface area contributed by atoms with E-state index in [1.54, 1.807) is 6.08 Å². The van der Waals surface area contributed by atoms with Crippen molar-refractivity contribution in [3.8, 4) is 0 Å². The highest BCUT2D eigenvalue weighted by Crippen LogP contribution is 2.18. The number of esters is 3. The van der Waals surface area contributed by atoms with Crippen molar-refractivity contribution < 1.29 is 28.6 Å². The number of carbonyl (C=O) groups excluding carboxylic acids is 3. The normalized spacial score (nSPS) is 12.7. The van der Waals surface area contributed by atoms with Gasteiger partial charge in [0.05, 0.1) is 6.42 Å². The Kier molecular flexibility index (Phi) is 65.7. The molecule has 0 amide bonds. The van der Waals surface area contributed by atoms with Crippen molar-refractivity contribution in [1.29, 1.82) is 0 Å². The van der Waals surface area contributed by atoms with E-state index in [9.17, 15) is 14.4 Å². The second-order valence-electron chi connectivity index (χ2n) is 23.1. The van der Waals surface area contributed by atoms with Gasteiger partial charge in [-0.3, -0.25) is 14.4 Å². The minimum atomic E-state index is -0.826. The smallest absolute Gasteiger partial charge is 0.309 e. The highest BCUT2D eigenvalue weighted by Gasteiger charge is 2.19. The summed E-state index contributed by atoms with van der Waals surface area (Å²) in [6.07, 6.45) is 93.3. The number of hydrogen-bond donors (Lipinski definition) is 0. The van der Waals surface area contributed by atoms with Crippen LogP contribution in [0.1, 0.15) is 342 Å². The molecule has 6 heteroatoms. The van der Waals surface area contributed by atoms with Crippen LogP contribution in [0.4, 0.5) is 0 Å². The summed E-state index contributed by atoms with van der Waals surface area (Å²) in [7, 11) is 0. The largest absolute Gasteiger partial charge is 0.462 e. The van der Waals surface area contributed by atoms with Gasteiger partial charge in [0.2, 0.25) is 0 Å². The molecule has 81 heavy (non-hydrogen) atoms. The van der Waals surface area contributed by atoms with E-state index in [-0.39, 0.29) is 31.6 Å². The Morgan fingerprint density at radius 3 is 0.889 bits per heavy atom. The molecule has 0 fully saturated rings. The fourth-order valence-corrected chi connectivity index (χ4v) is 9.94. The average molecular weight is 1130 g/mol. The summed E-state index contributed by atoms with van der Waals surface area (Å²) >= 11 is 0. The maximum absolute atomic E-state index is 12.9. The molecule has 466 valence electrons. The van der Waals surface area contributed by atoms with Crippen LogP contribution in [0.25, 0.3) is 0 Å². The molecule has 0 saturated heterocycles. The van der Waals surface area contributed by atoms with E-state index in [4.69, 9.17) is 14.2 Å². The molecule has 0 aromatic heterocycles. The summed E-state index contributed by atoms with van der Waals surface area (Å²) < 4.78 is 16.8. The van der Waals surface area contributed by atoms with Crippen LogP contribution in [0.5, 0.6) is 0 Å². The number of hydrogen-bond acceptors (Lipinski definition) is 6. The first-order valence-electron chi connectivity index (χ1n) is 34.7. The Bertz CT molecular complexity index is 1580. The molecular weight excluding hydrogens is 997 g/mol. The van der Waals surface area contributed by atoms with Crippen molar-refractivity contribution in [3.05, 3.63) is 97.2 Å². The molecule has 0 aliphatic rings. The second-order valence-corrected chi connectivity index (χ2v) is 23.1. The molecular formula is C75H130O6. The number of rotatable bonds is 63. The first-order valence-corrected chi connectivity index (χ1v) is 34.7. The van der Waals surface area contributed by atoms with E-state index >= 15 is 0 Å². The SMILES string of the molecule is CC/C=C\C/C=C\C/C=C\C/C=C\C/C=C\CC(=O)OCC(COC(=O)CCCCCCCCCCCCCCCCCCCCCCCCCCCCCCC)OC(=O)CCCCCCCC/C=C\C/C=C\C/C=C\CCCCC. The van der Waals surface area contributed by atoms with Gasteiger partial charge in [-0.05, 0) is 83.5 Å². The summed E-state index contributed by atoms with van der Waals surface area (Å²) in [5, 5.41) is 0. The molecule has 0 spiro atoms. The van der Waals surface area contributed by atoms with Crippen LogP contribution in [0, 0.1) is 0 Å². The monoisotopic (exact) mass is 1130 g/mol. The minimum Gasteiger partial charge on any atom is -0.462 e. The van der Waals surface area contributed by atoms with E-state index in [2.05, 4.69) is 106 Å². The number of ether oxygens (including phenoxy) is 3. The van der Waals surface area contributed by atoms with Crippen LogP contribution in [0.15, 0.2) is 97.2 Å². The lowest BCUT2D eigenvalue weighted by Gasteiger charge is -2.18. The molecule has 0 saturated carbocycles. The van der Waals surface area contributed by atoms with Crippen LogP contribution in [-0.2, 0) is 28.6 Å². The topological polar surface area (TPSA) is 78.9 Å². The zero-order valence-electron chi connectivity index (χ0n) is 53.5. The van der Waals surface area contributed by atoms with E-state index in [1.165, 1.54) is 205 Å². The molecule has 1 atom stereocenters. The van der Waals surface area contributed by atoms with Crippen LogP contribution in [0.3, 0.4) is 0 Å². The summed E-state index contributed by atoms with van der Waals surface area (Å²) in [4.78, 5) is 38.3. The van der Waals surface area contributed by atoms with Crippen LogP contribution < -0.4 is 0 Å². The molecule has 6 nitrogen and oxygen atoms in total. The number of carbonyl (C=O) groups is 3. The number of unbranched alkanes of at least 4 members (excludes halogenated alkanes) is 37. The first kappa shape index (κ1) is 77.3. The van der Waals surface area contributed by atoms with Gasteiger partial charge in [0, 0.05) is 12.8 Å². The first-order chi connectivity index (χ1) is 40.0. The molecule has 0 aliphatic carbocycles. The lowest BCUT2D eigenvalue weighted by Crippen LogP contribution is -2.30. The molecule has 1 unspecified atom stereocenters. The zero-order chi connectivity index (χ0) is 58.5. The summed E-state index contributed by atoms with van der Waals surface area (Å²) in [6.45, 7) is 6.44. The average Bonchev–Trinajstić information content (AvgIpc) is 3.47. The summed E-state index contributed by atoms with van der Waals surface area (Å²) in [6, 6.07) is 0. The Morgan fingerprint density at radius 2 is 0.531 bits per heavy atom. The quantitative estimate of drug-likeness (QED) is 0.0261. The highest BCUT2D eigenvalue weighted by atomic mass is 16.6. The van der Waals surface area contributed by atoms with E-state index in [1.807, 2.05) is 6.08 Å². The Labute approximate surface area is 502 Å². The lowest BCUT2D eigenvalue weighted by atomic mass is 10.0. The zero-order valence-corrected chi connectivity index (χ0v) is 53.5. The molecule has 0 aromatic carbocycles. The van der Waals surface area contributed by atoms with Gasteiger partial charge in [-0.25, -0.2) is 0 Å². The summed E-state index contributed by atoms with van der Waals surface area (Å²) in [5.41, 5.74) is 0. The standard InChI is InChI=1S/C75H130O6/c1-4-7-10-13-16-19-22-25-28-30-32-33-34-35-36-37-38-39-40-41-43-44-47-50-53-56-59-62-65-68-74(77)80-71-72(70-79-73(76)67-64-61-58-55-52-49-46-27-24-21-18-15-12-9-6-3)81-75(78)69-66-63-60-57-54-51-48-45-42-31-29-26-23-20-17-14-11-8-5-2/h9,12,17-18,20-21,26-27,29,42,45-46,52,55,61,64,72H,4-8,10-11,13-16,19,22-25,28,30-41,43-44,47-51,53-54,56-60,62-63,65-71H2,1-3H3/b12-9-,20-17-,21-18-,29-26-,45-42-,46-27-,55-52-,64-61-. The fourth-order valence-electron chi connectivity index (χ4n) is 9.94. The molecule has 0 rings (SSSR count). The molecule has 0 radical (unpaired) electrons.